The van der Waals surface area contributed by atoms with Crippen molar-refractivity contribution in [3.63, 3.8) is 0 Å². The lowest BCUT2D eigenvalue weighted by molar-refractivity contribution is -0.130. The van der Waals surface area contributed by atoms with Gasteiger partial charge in [-0.15, -0.1) is 11.8 Å². The summed E-state index contributed by atoms with van der Waals surface area (Å²) in [6.07, 6.45) is 11.9. The normalized spacial score (nSPS) is 24.3. The molecule has 0 aromatic heterocycles. The van der Waals surface area contributed by atoms with Gasteiger partial charge in [0.25, 0.3) is 11.8 Å². The molecule has 2 amide bonds. The first-order valence-corrected chi connectivity index (χ1v) is 13.8. The van der Waals surface area contributed by atoms with Crippen LogP contribution in [0.3, 0.4) is 0 Å². The van der Waals surface area contributed by atoms with Crippen LogP contribution in [0.2, 0.25) is 0 Å². The average molecular weight is 493 g/mol. The predicted octanol–water partition coefficient (Wildman–Crippen LogP) is 6.32. The van der Waals surface area contributed by atoms with Gasteiger partial charge >= 0.3 is 0 Å². The fraction of sp³-hybridized carbons (Fsp3) is 0.448. The van der Waals surface area contributed by atoms with Crippen LogP contribution in [0.25, 0.3) is 6.08 Å². The second-order valence-corrected chi connectivity index (χ2v) is 11.3. The zero-order valence-electron chi connectivity index (χ0n) is 20.0. The lowest BCUT2D eigenvalue weighted by Gasteiger charge is -2.44. The number of benzene rings is 2. The summed E-state index contributed by atoms with van der Waals surface area (Å²) in [7, 11) is 0. The minimum absolute atomic E-state index is 0.0273. The first-order valence-electron chi connectivity index (χ1n) is 12.9. The molecule has 35 heavy (non-hydrogen) atoms. The van der Waals surface area contributed by atoms with E-state index in [9.17, 15) is 14.0 Å². The van der Waals surface area contributed by atoms with Crippen molar-refractivity contribution in [2.45, 2.75) is 81.7 Å². The Morgan fingerprint density at radius 1 is 0.971 bits per heavy atom. The maximum absolute atomic E-state index is 14.4. The van der Waals surface area contributed by atoms with E-state index >= 15 is 0 Å². The molecule has 184 valence electrons. The Kier molecular flexibility index (Phi) is 7.57. The molecule has 4 nitrogen and oxygen atoms in total. The van der Waals surface area contributed by atoms with E-state index in [4.69, 9.17) is 0 Å². The van der Waals surface area contributed by atoms with Gasteiger partial charge in [-0.05, 0) is 55.5 Å². The van der Waals surface area contributed by atoms with Crippen molar-refractivity contribution in [2.75, 3.05) is 0 Å². The fourth-order valence-electron chi connectivity index (χ4n) is 5.57. The van der Waals surface area contributed by atoms with Crippen molar-refractivity contribution in [3.05, 3.63) is 75.9 Å². The summed E-state index contributed by atoms with van der Waals surface area (Å²) in [5, 5.41) is 3.49. The molecule has 1 aliphatic heterocycles. The molecule has 0 radical (unpaired) electrons. The summed E-state index contributed by atoms with van der Waals surface area (Å²) in [5.41, 5.74) is 2.11. The van der Waals surface area contributed by atoms with E-state index in [0.717, 1.165) is 44.1 Å². The molecular weight excluding hydrogens is 459 g/mol. The van der Waals surface area contributed by atoms with Crippen LogP contribution in [0.1, 0.15) is 79.3 Å². The summed E-state index contributed by atoms with van der Waals surface area (Å²) < 4.78 is 14.4. The van der Waals surface area contributed by atoms with Gasteiger partial charge < -0.3 is 10.2 Å². The number of halogens is 1. The summed E-state index contributed by atoms with van der Waals surface area (Å²) >= 11 is 1.67. The lowest BCUT2D eigenvalue weighted by Crippen LogP contribution is -2.50. The average Bonchev–Trinajstić information content (AvgIpc) is 2.88. The first kappa shape index (κ1) is 24.1. The second kappa shape index (κ2) is 11.0. The number of rotatable bonds is 5. The van der Waals surface area contributed by atoms with Crippen LogP contribution in [0, 0.1) is 5.82 Å². The van der Waals surface area contributed by atoms with E-state index < -0.39 is 0 Å². The molecule has 2 aliphatic carbocycles. The van der Waals surface area contributed by atoms with Gasteiger partial charge in [-0.2, -0.15) is 0 Å². The third-order valence-corrected chi connectivity index (χ3v) is 8.93. The third-order valence-electron chi connectivity index (χ3n) is 7.53. The number of fused-ring (bicyclic) bond motifs is 1. The molecule has 2 unspecified atom stereocenters. The molecule has 2 atom stereocenters. The van der Waals surface area contributed by atoms with Crippen LogP contribution in [0.5, 0.6) is 0 Å². The molecule has 0 bridgehead atoms. The Hall–Kier alpha value is -2.60. The maximum Gasteiger partial charge on any atom is 0.260 e. The van der Waals surface area contributed by atoms with Gasteiger partial charge in [0.05, 0.1) is 4.91 Å². The third kappa shape index (κ3) is 5.64. The molecule has 3 fully saturated rings. The molecule has 2 saturated carbocycles. The number of thioether (sulfide) groups is 1. The number of nitrogens with one attached hydrogen (secondary N) is 1. The van der Waals surface area contributed by atoms with Crippen LogP contribution in [0.15, 0.2) is 53.4 Å². The highest BCUT2D eigenvalue weighted by Crippen LogP contribution is 2.42. The quantitative estimate of drug-likeness (QED) is 0.497. The molecular formula is C29H33FN2O2S. The molecule has 6 heteroatoms. The molecule has 2 aromatic rings. The maximum atomic E-state index is 14.4. The van der Waals surface area contributed by atoms with Gasteiger partial charge in [-0.1, -0.05) is 62.4 Å². The van der Waals surface area contributed by atoms with Crippen molar-refractivity contribution >= 4 is 29.7 Å². The largest absolute Gasteiger partial charge is 0.349 e. The van der Waals surface area contributed by atoms with E-state index in [-0.39, 0.29) is 29.7 Å². The molecule has 1 saturated heterocycles. The number of amides is 2. The molecule has 1 N–H and O–H groups in total. The fourth-order valence-corrected chi connectivity index (χ4v) is 7.04. The smallest absolute Gasteiger partial charge is 0.260 e. The summed E-state index contributed by atoms with van der Waals surface area (Å²) in [5.74, 6) is -0.320. The Labute approximate surface area is 211 Å². The minimum atomic E-state index is -0.265. The Bertz CT molecular complexity index is 1090. The van der Waals surface area contributed by atoms with E-state index in [0.29, 0.717) is 27.8 Å². The first-order chi connectivity index (χ1) is 17.1. The number of carbonyl (C=O) groups excluding carboxylic acids is 2. The van der Waals surface area contributed by atoms with Crippen molar-refractivity contribution in [3.8, 4) is 0 Å². The van der Waals surface area contributed by atoms with E-state index in [1.165, 1.54) is 25.3 Å². The molecule has 3 aliphatic rings. The summed E-state index contributed by atoms with van der Waals surface area (Å²) in [6, 6.07) is 14.6. The topological polar surface area (TPSA) is 49.4 Å². The zero-order chi connectivity index (χ0) is 24.2. The molecule has 2 aromatic carbocycles. The van der Waals surface area contributed by atoms with Crippen LogP contribution in [-0.2, 0) is 11.3 Å². The highest BCUT2D eigenvalue weighted by molar-refractivity contribution is 8.04. The van der Waals surface area contributed by atoms with E-state index in [2.05, 4.69) is 5.32 Å². The predicted molar refractivity (Wildman–Crippen MR) is 139 cm³/mol. The van der Waals surface area contributed by atoms with Crippen LogP contribution >= 0.6 is 11.8 Å². The molecule has 1 heterocycles. The monoisotopic (exact) mass is 492 g/mol. The highest BCUT2D eigenvalue weighted by Gasteiger charge is 2.40. The Morgan fingerprint density at radius 2 is 1.69 bits per heavy atom. The zero-order valence-corrected chi connectivity index (χ0v) is 20.9. The van der Waals surface area contributed by atoms with Gasteiger partial charge in [0, 0.05) is 35.0 Å². The number of nitrogens with zero attached hydrogens (tertiary/aromatic N) is 1. The number of hydrogen-bond donors (Lipinski definition) is 1. The van der Waals surface area contributed by atoms with Crippen LogP contribution in [-0.4, -0.2) is 34.0 Å². The van der Waals surface area contributed by atoms with Gasteiger partial charge in [-0.25, -0.2) is 4.39 Å². The number of hydrogen-bond acceptors (Lipinski definition) is 3. The molecule has 0 spiro atoms. The van der Waals surface area contributed by atoms with Crippen LogP contribution < -0.4 is 5.32 Å². The highest BCUT2D eigenvalue weighted by atomic mass is 32.2. The lowest BCUT2D eigenvalue weighted by atomic mass is 9.92. The van der Waals surface area contributed by atoms with Crippen molar-refractivity contribution in [1.29, 1.82) is 0 Å². The standard InChI is InChI=1S/C29H33FN2O2S/c30-24-11-5-4-8-22(24)19-32-25-12-6-7-13-26(25)35-27(29(32)34)18-20-14-16-21(17-15-20)28(33)31-23-9-2-1-3-10-23/h4-5,8,11,14-18,23,25-26H,1-3,6-7,9-10,12-13,19H2,(H,31,33)/b27-18-. The van der Waals surface area contributed by atoms with E-state index in [1.807, 2.05) is 41.3 Å². The van der Waals surface area contributed by atoms with Gasteiger partial charge in [-0.3, -0.25) is 9.59 Å². The second-order valence-electron chi connectivity index (χ2n) is 9.97. The Morgan fingerprint density at radius 3 is 2.46 bits per heavy atom. The van der Waals surface area contributed by atoms with E-state index in [1.54, 1.807) is 23.9 Å². The minimum Gasteiger partial charge on any atom is -0.349 e. The van der Waals surface area contributed by atoms with Gasteiger partial charge in [0.1, 0.15) is 5.82 Å². The van der Waals surface area contributed by atoms with Crippen molar-refractivity contribution in [1.82, 2.24) is 10.2 Å². The summed E-state index contributed by atoms with van der Waals surface area (Å²) in [4.78, 5) is 28.8. The summed E-state index contributed by atoms with van der Waals surface area (Å²) in [6.45, 7) is 0.296. The van der Waals surface area contributed by atoms with Crippen LogP contribution in [0.4, 0.5) is 4.39 Å². The molecule has 5 rings (SSSR count). The van der Waals surface area contributed by atoms with Crippen molar-refractivity contribution < 1.29 is 14.0 Å². The Balaban J connectivity index is 1.33. The SMILES string of the molecule is O=C(NC1CCCCC1)c1ccc(/C=C2\SC3CCCCC3N(Cc3ccccc3F)C2=O)cc1. The van der Waals surface area contributed by atoms with Crippen molar-refractivity contribution in [2.24, 2.45) is 0 Å². The van der Waals surface area contributed by atoms with Gasteiger partial charge in [0.15, 0.2) is 0 Å². The van der Waals surface area contributed by atoms with Gasteiger partial charge in [0.2, 0.25) is 0 Å². The number of carbonyl (C=O) groups is 2.